The summed E-state index contributed by atoms with van der Waals surface area (Å²) < 4.78 is 29.9. The van der Waals surface area contributed by atoms with Crippen LogP contribution in [0.3, 0.4) is 0 Å². The zero-order chi connectivity index (χ0) is 24.7. The average Bonchev–Trinajstić information content (AvgIpc) is 3.17. The normalized spacial score (nSPS) is 19.4. The summed E-state index contributed by atoms with van der Waals surface area (Å²) in [5, 5.41) is 7.89. The molecule has 2 aliphatic heterocycles. The molecule has 10 heteroatoms. The van der Waals surface area contributed by atoms with Gasteiger partial charge in [-0.05, 0) is 37.5 Å². The van der Waals surface area contributed by atoms with E-state index in [9.17, 15) is 18.4 Å². The minimum Gasteiger partial charge on any atom is -0.367 e. The van der Waals surface area contributed by atoms with E-state index < -0.39 is 17.7 Å². The predicted octanol–water partition coefficient (Wildman–Crippen LogP) is 3.62. The summed E-state index contributed by atoms with van der Waals surface area (Å²) in [5.74, 6) is -1.69. The Morgan fingerprint density at radius 1 is 1.11 bits per heavy atom. The van der Waals surface area contributed by atoms with Crippen LogP contribution in [0.15, 0.2) is 30.3 Å². The van der Waals surface area contributed by atoms with Crippen LogP contribution in [0, 0.1) is 18.6 Å². The van der Waals surface area contributed by atoms with Gasteiger partial charge in [0.05, 0.1) is 21.9 Å². The van der Waals surface area contributed by atoms with Crippen LogP contribution in [0.1, 0.15) is 30.1 Å². The Hall–Kier alpha value is -3.04. The number of anilines is 1. The molecule has 7 nitrogen and oxygen atoms in total. The van der Waals surface area contributed by atoms with Crippen LogP contribution in [0.25, 0.3) is 10.9 Å². The number of hydrogen-bond acceptors (Lipinski definition) is 5. The monoisotopic (exact) mass is 501 g/mol. The molecule has 1 N–H and O–H groups in total. The molecule has 2 amide bonds. The smallest absolute Gasteiger partial charge is 0.251 e. The Kier molecular flexibility index (Phi) is 6.46. The SMILES string of the molecule is Cc1nn(C2CCC(=O)NC2=O)c2cccc(CCN3CCN(c4cc(F)c(Cl)cc4F)CC3)c12. The Morgan fingerprint density at radius 2 is 1.89 bits per heavy atom. The Bertz CT molecular complexity index is 1300. The lowest BCUT2D eigenvalue weighted by atomic mass is 10.0. The molecule has 5 rings (SSSR count). The highest BCUT2D eigenvalue weighted by Gasteiger charge is 2.30. The Morgan fingerprint density at radius 3 is 2.63 bits per heavy atom. The maximum Gasteiger partial charge on any atom is 0.251 e. The minimum atomic E-state index is -0.619. The van der Waals surface area contributed by atoms with Crippen molar-refractivity contribution in [3.05, 3.63) is 58.2 Å². The van der Waals surface area contributed by atoms with E-state index in [0.717, 1.165) is 60.3 Å². The molecule has 1 aromatic heterocycles. The molecule has 2 aromatic carbocycles. The molecule has 2 fully saturated rings. The largest absolute Gasteiger partial charge is 0.367 e. The van der Waals surface area contributed by atoms with Crippen LogP contribution in [0.5, 0.6) is 0 Å². The Balaban J connectivity index is 1.27. The molecular weight excluding hydrogens is 476 g/mol. The highest BCUT2D eigenvalue weighted by atomic mass is 35.5. The van der Waals surface area contributed by atoms with Gasteiger partial charge in [0.15, 0.2) is 0 Å². The summed E-state index contributed by atoms with van der Waals surface area (Å²) in [6, 6.07) is 7.70. The number of carbonyl (C=O) groups is 2. The lowest BCUT2D eigenvalue weighted by molar-refractivity contribution is -0.135. The summed E-state index contributed by atoms with van der Waals surface area (Å²) in [7, 11) is 0. The van der Waals surface area contributed by atoms with Crippen LogP contribution in [0.2, 0.25) is 5.02 Å². The van der Waals surface area contributed by atoms with E-state index >= 15 is 0 Å². The molecule has 2 saturated heterocycles. The molecular formula is C25H26ClF2N5O2. The van der Waals surface area contributed by atoms with Crippen molar-refractivity contribution < 1.29 is 18.4 Å². The van der Waals surface area contributed by atoms with E-state index in [2.05, 4.69) is 21.4 Å². The summed E-state index contributed by atoms with van der Waals surface area (Å²) in [5.41, 5.74) is 3.13. The number of piperidine rings is 1. The minimum absolute atomic E-state index is 0.213. The first-order chi connectivity index (χ1) is 16.8. The predicted molar refractivity (Wildman–Crippen MR) is 130 cm³/mol. The lowest BCUT2D eigenvalue weighted by Crippen LogP contribution is -2.47. The lowest BCUT2D eigenvalue weighted by Gasteiger charge is -2.36. The van der Waals surface area contributed by atoms with Gasteiger partial charge >= 0.3 is 0 Å². The van der Waals surface area contributed by atoms with Crippen molar-refractivity contribution in [1.82, 2.24) is 20.0 Å². The van der Waals surface area contributed by atoms with Gasteiger partial charge < -0.3 is 4.90 Å². The van der Waals surface area contributed by atoms with E-state index in [0.29, 0.717) is 25.9 Å². The molecule has 2 aliphatic rings. The van der Waals surface area contributed by atoms with Gasteiger partial charge in [0.2, 0.25) is 5.91 Å². The molecule has 35 heavy (non-hydrogen) atoms. The number of fused-ring (bicyclic) bond motifs is 1. The number of nitrogens with one attached hydrogen (secondary N) is 1. The number of aryl methyl sites for hydroxylation is 1. The number of halogens is 3. The standard InChI is InChI=1S/C25H26ClF2N5O2/c1-15-24-16(3-2-4-20(24)33(30-15)21-5-6-23(34)29-25(21)35)7-8-31-9-11-32(12-10-31)22-14-18(27)17(26)13-19(22)28/h2-4,13-14,21H,5-12H2,1H3,(H,29,34,35). The summed E-state index contributed by atoms with van der Waals surface area (Å²) in [6.45, 7) is 5.39. The molecule has 184 valence electrons. The second kappa shape index (κ2) is 9.54. The van der Waals surface area contributed by atoms with Crippen molar-refractivity contribution in [3.63, 3.8) is 0 Å². The number of benzene rings is 2. The highest BCUT2D eigenvalue weighted by Crippen LogP contribution is 2.29. The fraction of sp³-hybridized carbons (Fsp3) is 0.400. The molecule has 1 atom stereocenters. The number of nitrogens with zero attached hydrogens (tertiary/aromatic N) is 4. The molecule has 0 radical (unpaired) electrons. The second-order valence-corrected chi connectivity index (χ2v) is 9.51. The molecule has 1 unspecified atom stereocenters. The number of rotatable bonds is 5. The van der Waals surface area contributed by atoms with Crippen molar-refractivity contribution in [2.24, 2.45) is 0 Å². The number of aromatic nitrogens is 2. The number of piperazine rings is 1. The van der Waals surface area contributed by atoms with E-state index in [1.54, 1.807) is 4.68 Å². The van der Waals surface area contributed by atoms with E-state index in [1.807, 2.05) is 24.0 Å². The molecule has 0 aliphatic carbocycles. The third kappa shape index (κ3) is 4.62. The van der Waals surface area contributed by atoms with Gasteiger partial charge in [-0.1, -0.05) is 23.7 Å². The van der Waals surface area contributed by atoms with Crippen LogP contribution in [-0.2, 0) is 16.0 Å². The summed E-state index contributed by atoms with van der Waals surface area (Å²) in [4.78, 5) is 28.1. The van der Waals surface area contributed by atoms with Crippen molar-refractivity contribution in [2.45, 2.75) is 32.2 Å². The topological polar surface area (TPSA) is 70.5 Å². The molecule has 0 bridgehead atoms. The van der Waals surface area contributed by atoms with Crippen LogP contribution in [-0.4, -0.2) is 59.2 Å². The van der Waals surface area contributed by atoms with Crippen LogP contribution in [0.4, 0.5) is 14.5 Å². The Labute approximate surface area is 206 Å². The maximum absolute atomic E-state index is 14.3. The first-order valence-corrected chi connectivity index (χ1v) is 12.1. The molecule has 0 saturated carbocycles. The van der Waals surface area contributed by atoms with Gasteiger partial charge in [0, 0.05) is 50.6 Å². The van der Waals surface area contributed by atoms with Crippen molar-refractivity contribution in [2.75, 3.05) is 37.6 Å². The quantitative estimate of drug-likeness (QED) is 0.427. The van der Waals surface area contributed by atoms with Crippen molar-refractivity contribution >= 4 is 40.0 Å². The fourth-order valence-corrected chi connectivity index (χ4v) is 5.22. The number of hydrogen-bond donors (Lipinski definition) is 1. The highest BCUT2D eigenvalue weighted by molar-refractivity contribution is 6.30. The molecule has 3 aromatic rings. The zero-order valence-corrected chi connectivity index (χ0v) is 20.1. The summed E-state index contributed by atoms with van der Waals surface area (Å²) in [6.07, 6.45) is 1.53. The van der Waals surface area contributed by atoms with Gasteiger partial charge in [0.25, 0.3) is 5.91 Å². The van der Waals surface area contributed by atoms with E-state index in [1.165, 1.54) is 0 Å². The fourth-order valence-electron chi connectivity index (χ4n) is 5.07. The number of carbonyl (C=O) groups excluding carboxylic acids is 2. The van der Waals surface area contributed by atoms with Gasteiger partial charge in [-0.15, -0.1) is 0 Å². The van der Waals surface area contributed by atoms with Crippen molar-refractivity contribution in [3.8, 4) is 0 Å². The molecule has 3 heterocycles. The van der Waals surface area contributed by atoms with E-state index in [4.69, 9.17) is 11.6 Å². The second-order valence-electron chi connectivity index (χ2n) is 9.10. The van der Waals surface area contributed by atoms with Gasteiger partial charge in [-0.3, -0.25) is 24.5 Å². The number of amides is 2. The van der Waals surface area contributed by atoms with Gasteiger partial charge in [0.1, 0.15) is 17.7 Å². The van der Waals surface area contributed by atoms with Crippen LogP contribution < -0.4 is 10.2 Å². The van der Waals surface area contributed by atoms with Gasteiger partial charge in [-0.25, -0.2) is 8.78 Å². The average molecular weight is 502 g/mol. The third-order valence-corrected chi connectivity index (χ3v) is 7.19. The third-order valence-electron chi connectivity index (χ3n) is 6.90. The van der Waals surface area contributed by atoms with Gasteiger partial charge in [-0.2, -0.15) is 5.10 Å². The van der Waals surface area contributed by atoms with E-state index in [-0.39, 0.29) is 22.5 Å². The first-order valence-electron chi connectivity index (χ1n) is 11.7. The molecule has 0 spiro atoms. The first kappa shape index (κ1) is 23.7. The maximum atomic E-state index is 14.3. The summed E-state index contributed by atoms with van der Waals surface area (Å²) >= 11 is 5.68. The zero-order valence-electron chi connectivity index (χ0n) is 19.4. The van der Waals surface area contributed by atoms with Crippen LogP contribution >= 0.6 is 11.6 Å². The number of imide groups is 1. The van der Waals surface area contributed by atoms with Crippen molar-refractivity contribution in [1.29, 1.82) is 0 Å².